The van der Waals surface area contributed by atoms with E-state index in [-0.39, 0.29) is 18.0 Å². The van der Waals surface area contributed by atoms with Crippen molar-refractivity contribution in [3.63, 3.8) is 0 Å². The molecule has 2 aromatic heterocycles. The zero-order valence-electron chi connectivity index (χ0n) is 16.7. The topological polar surface area (TPSA) is 82.5 Å². The molecule has 0 aliphatic carbocycles. The summed E-state index contributed by atoms with van der Waals surface area (Å²) in [6.07, 6.45) is 1.39. The summed E-state index contributed by atoms with van der Waals surface area (Å²) in [6, 6.07) is 12.4. The fourth-order valence-corrected chi connectivity index (χ4v) is 4.23. The lowest BCUT2D eigenvalue weighted by Crippen LogP contribution is -2.27. The molecule has 158 valence electrons. The maximum absolute atomic E-state index is 12.9. The Hall–Kier alpha value is -3.36. The monoisotopic (exact) mass is 455 g/mol. The highest BCUT2D eigenvalue weighted by Gasteiger charge is 2.14. The van der Waals surface area contributed by atoms with Crippen molar-refractivity contribution in [1.29, 1.82) is 0 Å². The van der Waals surface area contributed by atoms with Gasteiger partial charge in [-0.1, -0.05) is 23.7 Å². The average Bonchev–Trinajstić information content (AvgIpc) is 3.20. The van der Waals surface area contributed by atoms with E-state index in [1.54, 1.807) is 30.3 Å². The fourth-order valence-electron chi connectivity index (χ4n) is 3.12. The number of halogens is 1. The van der Waals surface area contributed by atoms with Crippen LogP contribution in [0, 0.1) is 0 Å². The number of rotatable bonds is 6. The molecule has 1 N–H and O–H groups in total. The highest BCUT2D eigenvalue weighted by molar-refractivity contribution is 7.17. The molecule has 4 aromatic rings. The van der Waals surface area contributed by atoms with Gasteiger partial charge in [-0.05, 0) is 17.7 Å². The van der Waals surface area contributed by atoms with Crippen molar-refractivity contribution < 1.29 is 14.3 Å². The first-order valence-electron chi connectivity index (χ1n) is 9.24. The number of hydrogen-bond donors (Lipinski definition) is 1. The van der Waals surface area contributed by atoms with E-state index >= 15 is 0 Å². The number of nitrogens with one attached hydrogen (secondary N) is 1. The minimum Gasteiger partial charge on any atom is -0.497 e. The van der Waals surface area contributed by atoms with Gasteiger partial charge in [0.25, 0.3) is 5.56 Å². The van der Waals surface area contributed by atoms with Crippen LogP contribution in [0.1, 0.15) is 0 Å². The Balaban J connectivity index is 1.58. The summed E-state index contributed by atoms with van der Waals surface area (Å²) in [7, 11) is 3.06. The quantitative estimate of drug-likeness (QED) is 0.465. The number of benzene rings is 2. The molecule has 0 radical (unpaired) electrons. The molecule has 0 saturated carbocycles. The number of fused-ring (bicyclic) bond motifs is 1. The number of carbonyl (C=O) groups excluding carboxylic acids is 1. The number of methoxy groups -OCH3 is 2. The Bertz CT molecular complexity index is 1290. The summed E-state index contributed by atoms with van der Waals surface area (Å²) >= 11 is 7.26. The highest BCUT2D eigenvalue weighted by Crippen LogP contribution is 2.31. The van der Waals surface area contributed by atoms with Gasteiger partial charge >= 0.3 is 0 Å². The molecule has 31 heavy (non-hydrogen) atoms. The van der Waals surface area contributed by atoms with Crippen LogP contribution in [0.4, 0.5) is 5.69 Å². The SMILES string of the molecule is COc1cc(NC(=O)Cn2cnc3c(-c4ccc(Cl)cc4)csc3c2=O)cc(OC)c1. The molecule has 0 unspecified atom stereocenters. The van der Waals surface area contributed by atoms with Crippen LogP contribution >= 0.6 is 22.9 Å². The molecule has 1 amide bonds. The van der Waals surface area contributed by atoms with Gasteiger partial charge in [-0.15, -0.1) is 11.3 Å². The molecule has 9 heteroatoms. The lowest BCUT2D eigenvalue weighted by molar-refractivity contribution is -0.116. The number of hydrogen-bond acceptors (Lipinski definition) is 6. The van der Waals surface area contributed by atoms with Gasteiger partial charge in [-0.3, -0.25) is 14.2 Å². The number of thiophene rings is 1. The number of anilines is 1. The van der Waals surface area contributed by atoms with Crippen molar-refractivity contribution in [2.45, 2.75) is 6.54 Å². The summed E-state index contributed by atoms with van der Waals surface area (Å²) in [5, 5.41) is 5.28. The van der Waals surface area contributed by atoms with Crippen LogP contribution in [-0.4, -0.2) is 29.7 Å². The first-order chi connectivity index (χ1) is 15.0. The van der Waals surface area contributed by atoms with Crippen molar-refractivity contribution in [2.75, 3.05) is 19.5 Å². The molecule has 0 bridgehead atoms. The molecule has 0 aliphatic heterocycles. The molecule has 0 atom stereocenters. The zero-order valence-corrected chi connectivity index (χ0v) is 18.3. The highest BCUT2D eigenvalue weighted by atomic mass is 35.5. The third-order valence-electron chi connectivity index (χ3n) is 4.65. The van der Waals surface area contributed by atoms with E-state index < -0.39 is 0 Å². The van der Waals surface area contributed by atoms with Gasteiger partial charge in [-0.2, -0.15) is 0 Å². The lowest BCUT2D eigenvalue weighted by Gasteiger charge is -2.10. The Morgan fingerprint density at radius 1 is 1.13 bits per heavy atom. The minimum atomic E-state index is -0.368. The van der Waals surface area contributed by atoms with E-state index in [0.717, 1.165) is 11.1 Å². The molecule has 2 aromatic carbocycles. The zero-order chi connectivity index (χ0) is 22.0. The molecule has 4 rings (SSSR count). The summed E-state index contributed by atoms with van der Waals surface area (Å²) in [5.74, 6) is 0.722. The lowest BCUT2D eigenvalue weighted by atomic mass is 10.1. The van der Waals surface area contributed by atoms with Gasteiger partial charge in [-0.25, -0.2) is 4.98 Å². The van der Waals surface area contributed by atoms with E-state index in [0.29, 0.717) is 32.4 Å². The van der Waals surface area contributed by atoms with Gasteiger partial charge in [0, 0.05) is 39.9 Å². The molecule has 0 spiro atoms. The number of ether oxygens (including phenoxy) is 2. The van der Waals surface area contributed by atoms with Crippen LogP contribution in [0.5, 0.6) is 11.5 Å². The predicted octanol–water partition coefficient (Wildman–Crippen LogP) is 4.43. The number of carbonyl (C=O) groups is 1. The van der Waals surface area contributed by atoms with E-state index in [9.17, 15) is 9.59 Å². The van der Waals surface area contributed by atoms with Crippen molar-refractivity contribution in [2.24, 2.45) is 0 Å². The van der Waals surface area contributed by atoms with Gasteiger partial charge in [0.2, 0.25) is 5.91 Å². The Labute approximate surface area is 186 Å². The second-order valence-electron chi connectivity index (χ2n) is 6.66. The molecule has 0 fully saturated rings. The van der Waals surface area contributed by atoms with Gasteiger partial charge < -0.3 is 14.8 Å². The van der Waals surface area contributed by atoms with Crippen LogP contribution in [0.3, 0.4) is 0 Å². The van der Waals surface area contributed by atoms with Gasteiger partial charge in [0.05, 0.1) is 26.1 Å². The summed E-state index contributed by atoms with van der Waals surface area (Å²) in [4.78, 5) is 29.9. The first kappa shape index (κ1) is 20.9. The largest absolute Gasteiger partial charge is 0.497 e. The number of aromatic nitrogens is 2. The molecule has 0 saturated heterocycles. The molecule has 0 aliphatic rings. The first-order valence-corrected chi connectivity index (χ1v) is 10.5. The van der Waals surface area contributed by atoms with Crippen LogP contribution < -0.4 is 20.3 Å². The second kappa shape index (κ2) is 8.79. The standard InChI is InChI=1S/C22H18ClN3O4S/c1-29-16-7-15(8-17(9-16)30-2)25-19(27)10-26-12-24-20-18(11-31-21(20)22(26)28)13-3-5-14(23)6-4-13/h3-9,11-12H,10H2,1-2H3,(H,25,27). The van der Waals surface area contributed by atoms with Crippen LogP contribution in [-0.2, 0) is 11.3 Å². The van der Waals surface area contributed by atoms with Crippen LogP contribution in [0.2, 0.25) is 5.02 Å². The van der Waals surface area contributed by atoms with Crippen LogP contribution in [0.25, 0.3) is 21.3 Å². The van der Waals surface area contributed by atoms with E-state index in [4.69, 9.17) is 21.1 Å². The van der Waals surface area contributed by atoms with Crippen molar-refractivity contribution in [3.05, 3.63) is 69.5 Å². The van der Waals surface area contributed by atoms with E-state index in [1.807, 2.05) is 17.5 Å². The normalized spacial score (nSPS) is 10.8. The summed E-state index contributed by atoms with van der Waals surface area (Å²) in [5.41, 5.74) is 2.61. The number of nitrogens with zero attached hydrogens (tertiary/aromatic N) is 2. The minimum absolute atomic E-state index is 0.171. The third kappa shape index (κ3) is 4.40. The Kier molecular flexibility index (Phi) is 5.92. The maximum Gasteiger partial charge on any atom is 0.271 e. The maximum atomic E-state index is 12.9. The van der Waals surface area contributed by atoms with Crippen molar-refractivity contribution >= 4 is 44.7 Å². The summed E-state index contributed by atoms with van der Waals surface area (Å²) in [6.45, 7) is -0.171. The van der Waals surface area contributed by atoms with Gasteiger partial charge in [0.15, 0.2) is 0 Å². The molecular weight excluding hydrogens is 438 g/mol. The fraction of sp³-hybridized carbons (Fsp3) is 0.136. The van der Waals surface area contributed by atoms with Crippen LogP contribution in [0.15, 0.2) is 59.0 Å². The molecule has 2 heterocycles. The summed E-state index contributed by atoms with van der Waals surface area (Å²) < 4.78 is 12.2. The second-order valence-corrected chi connectivity index (χ2v) is 7.98. The van der Waals surface area contributed by atoms with Crippen molar-refractivity contribution in [1.82, 2.24) is 9.55 Å². The van der Waals surface area contributed by atoms with Crippen molar-refractivity contribution in [3.8, 4) is 22.6 Å². The van der Waals surface area contributed by atoms with Gasteiger partial charge in [0.1, 0.15) is 22.7 Å². The average molecular weight is 456 g/mol. The molecule has 7 nitrogen and oxygen atoms in total. The smallest absolute Gasteiger partial charge is 0.271 e. The third-order valence-corrected chi connectivity index (χ3v) is 5.86. The predicted molar refractivity (Wildman–Crippen MR) is 123 cm³/mol. The molecular formula is C22H18ClN3O4S. The van der Waals surface area contributed by atoms with E-state index in [2.05, 4.69) is 10.3 Å². The van der Waals surface area contributed by atoms with E-state index in [1.165, 1.54) is 36.5 Å². The Morgan fingerprint density at radius 2 is 1.81 bits per heavy atom. The Morgan fingerprint density at radius 3 is 2.45 bits per heavy atom. The number of amides is 1.